The SMILES string of the molecule is C[C@@H](C(=O)N(C)C)S(=O)(=O)N1CCN(C)c2ccncc21. The van der Waals surface area contributed by atoms with Crippen molar-refractivity contribution in [2.45, 2.75) is 12.2 Å². The second-order valence-electron chi connectivity index (χ2n) is 5.28. The lowest BCUT2D eigenvalue weighted by Gasteiger charge is -2.37. The minimum Gasteiger partial charge on any atom is -0.371 e. The van der Waals surface area contributed by atoms with Gasteiger partial charge >= 0.3 is 0 Å². The van der Waals surface area contributed by atoms with Gasteiger partial charge in [-0.25, -0.2) is 8.42 Å². The van der Waals surface area contributed by atoms with Crippen LogP contribution >= 0.6 is 0 Å². The minimum absolute atomic E-state index is 0.308. The lowest BCUT2D eigenvalue weighted by molar-refractivity contribution is -0.127. The summed E-state index contributed by atoms with van der Waals surface area (Å²) < 4.78 is 26.8. The van der Waals surface area contributed by atoms with Gasteiger partial charge in [0.05, 0.1) is 24.1 Å². The molecule has 1 amide bonds. The molecule has 0 aromatic carbocycles. The third-order valence-corrected chi connectivity index (χ3v) is 5.73. The molecule has 21 heavy (non-hydrogen) atoms. The maximum absolute atomic E-state index is 12.7. The highest BCUT2D eigenvalue weighted by Crippen LogP contribution is 2.33. The molecule has 8 heteroatoms. The minimum atomic E-state index is -3.77. The topological polar surface area (TPSA) is 73.8 Å². The van der Waals surface area contributed by atoms with Crippen LogP contribution in [0.25, 0.3) is 0 Å². The van der Waals surface area contributed by atoms with Crippen LogP contribution in [-0.4, -0.2) is 63.7 Å². The van der Waals surface area contributed by atoms with Crippen LogP contribution in [0.4, 0.5) is 11.4 Å². The average molecular weight is 312 g/mol. The number of anilines is 2. The van der Waals surface area contributed by atoms with Crippen molar-refractivity contribution in [3.63, 3.8) is 0 Å². The van der Waals surface area contributed by atoms with Gasteiger partial charge in [0.25, 0.3) is 0 Å². The molecule has 2 heterocycles. The molecule has 1 aromatic rings. The van der Waals surface area contributed by atoms with E-state index in [4.69, 9.17) is 0 Å². The van der Waals surface area contributed by atoms with E-state index >= 15 is 0 Å². The van der Waals surface area contributed by atoms with E-state index in [1.807, 2.05) is 11.9 Å². The molecule has 1 aliphatic rings. The second-order valence-corrected chi connectivity index (χ2v) is 7.46. The third kappa shape index (κ3) is 2.67. The van der Waals surface area contributed by atoms with Gasteiger partial charge in [-0.2, -0.15) is 0 Å². The Bertz CT molecular complexity index is 645. The first kappa shape index (κ1) is 15.6. The lowest BCUT2D eigenvalue weighted by Crippen LogP contribution is -2.49. The van der Waals surface area contributed by atoms with Crippen molar-refractivity contribution in [3.8, 4) is 0 Å². The fourth-order valence-electron chi connectivity index (χ4n) is 2.32. The number of fused-ring (bicyclic) bond motifs is 1. The van der Waals surface area contributed by atoms with Crippen molar-refractivity contribution in [1.82, 2.24) is 9.88 Å². The molecule has 1 atom stereocenters. The van der Waals surface area contributed by atoms with Gasteiger partial charge in [0.1, 0.15) is 0 Å². The summed E-state index contributed by atoms with van der Waals surface area (Å²) in [5, 5.41) is -1.12. The summed E-state index contributed by atoms with van der Waals surface area (Å²) in [6.45, 7) is 2.30. The van der Waals surface area contributed by atoms with E-state index < -0.39 is 21.2 Å². The molecule has 0 fully saturated rings. The number of hydrogen-bond donors (Lipinski definition) is 0. The number of likely N-dealkylation sites (N-methyl/N-ethyl adjacent to an activating group) is 1. The smallest absolute Gasteiger partial charge is 0.247 e. The number of rotatable bonds is 3. The third-order valence-electron chi connectivity index (χ3n) is 3.64. The Kier molecular flexibility index (Phi) is 4.08. The molecular weight excluding hydrogens is 292 g/mol. The summed E-state index contributed by atoms with van der Waals surface area (Å²) in [6.07, 6.45) is 3.15. The van der Waals surface area contributed by atoms with Crippen LogP contribution in [0.2, 0.25) is 0 Å². The first-order chi connectivity index (χ1) is 9.76. The molecule has 0 unspecified atom stereocenters. The Morgan fingerprint density at radius 3 is 2.62 bits per heavy atom. The number of hydrogen-bond acceptors (Lipinski definition) is 5. The van der Waals surface area contributed by atoms with E-state index in [1.54, 1.807) is 26.4 Å². The maximum atomic E-state index is 12.7. The molecule has 0 saturated carbocycles. The van der Waals surface area contributed by atoms with Crippen molar-refractivity contribution < 1.29 is 13.2 Å². The Hall–Kier alpha value is -1.83. The highest BCUT2D eigenvalue weighted by molar-refractivity contribution is 7.94. The van der Waals surface area contributed by atoms with E-state index in [0.717, 1.165) is 5.69 Å². The normalized spacial score (nSPS) is 16.4. The number of pyridine rings is 1. The van der Waals surface area contributed by atoms with E-state index in [2.05, 4.69) is 4.98 Å². The van der Waals surface area contributed by atoms with Gasteiger partial charge in [-0.05, 0) is 13.0 Å². The molecule has 2 rings (SSSR count). The number of sulfonamides is 1. The number of nitrogens with zero attached hydrogens (tertiary/aromatic N) is 4. The second kappa shape index (κ2) is 5.51. The molecule has 0 aliphatic carbocycles. The zero-order valence-corrected chi connectivity index (χ0v) is 13.5. The number of aromatic nitrogens is 1. The lowest BCUT2D eigenvalue weighted by atomic mass is 10.2. The van der Waals surface area contributed by atoms with Crippen LogP contribution in [0.5, 0.6) is 0 Å². The number of carbonyl (C=O) groups is 1. The highest BCUT2D eigenvalue weighted by Gasteiger charge is 2.37. The highest BCUT2D eigenvalue weighted by atomic mass is 32.2. The molecular formula is C13H20N4O3S. The average Bonchev–Trinajstić information content (AvgIpc) is 2.45. The van der Waals surface area contributed by atoms with E-state index in [0.29, 0.717) is 18.8 Å². The van der Waals surface area contributed by atoms with Crippen molar-refractivity contribution >= 4 is 27.3 Å². The van der Waals surface area contributed by atoms with E-state index in [1.165, 1.54) is 22.3 Å². The monoisotopic (exact) mass is 312 g/mol. The Morgan fingerprint density at radius 2 is 2.00 bits per heavy atom. The van der Waals surface area contributed by atoms with Crippen molar-refractivity contribution in [2.24, 2.45) is 0 Å². The van der Waals surface area contributed by atoms with Crippen LogP contribution in [0.15, 0.2) is 18.5 Å². The van der Waals surface area contributed by atoms with Crippen LogP contribution in [0.3, 0.4) is 0 Å². The van der Waals surface area contributed by atoms with Gasteiger partial charge < -0.3 is 9.80 Å². The molecule has 1 aliphatic heterocycles. The number of amides is 1. The van der Waals surface area contributed by atoms with Crippen molar-refractivity contribution in [3.05, 3.63) is 18.5 Å². The maximum Gasteiger partial charge on any atom is 0.247 e. The van der Waals surface area contributed by atoms with Crippen LogP contribution in [-0.2, 0) is 14.8 Å². The predicted octanol–water partition coefficient (Wildman–Crippen LogP) is 0.144. The van der Waals surface area contributed by atoms with E-state index in [9.17, 15) is 13.2 Å². The first-order valence-corrected chi connectivity index (χ1v) is 8.15. The summed E-state index contributed by atoms with van der Waals surface area (Å²) in [7, 11) is 1.23. The first-order valence-electron chi connectivity index (χ1n) is 6.64. The van der Waals surface area contributed by atoms with Gasteiger partial charge in [-0.1, -0.05) is 0 Å². The predicted molar refractivity (Wildman–Crippen MR) is 81.9 cm³/mol. The van der Waals surface area contributed by atoms with Gasteiger partial charge in [0.2, 0.25) is 15.9 Å². The molecule has 0 bridgehead atoms. The van der Waals surface area contributed by atoms with Crippen LogP contribution < -0.4 is 9.21 Å². The summed E-state index contributed by atoms with van der Waals surface area (Å²) in [6, 6.07) is 1.77. The van der Waals surface area contributed by atoms with Crippen LogP contribution in [0.1, 0.15) is 6.92 Å². The summed E-state index contributed by atoms with van der Waals surface area (Å²) in [5.74, 6) is -0.431. The standard InChI is InChI=1S/C13H20N4O3S/c1-10(13(18)15(2)3)21(19,20)17-8-7-16(4)11-5-6-14-9-12(11)17/h5-6,9-10H,7-8H2,1-4H3/t10-/m0/s1. The molecule has 0 spiro atoms. The summed E-state index contributed by atoms with van der Waals surface area (Å²) >= 11 is 0. The fraction of sp³-hybridized carbons (Fsp3) is 0.538. The van der Waals surface area contributed by atoms with Gasteiger partial charge in [0.15, 0.2) is 5.25 Å². The van der Waals surface area contributed by atoms with Crippen molar-refractivity contribution in [1.29, 1.82) is 0 Å². The largest absolute Gasteiger partial charge is 0.371 e. The quantitative estimate of drug-likeness (QED) is 0.794. The molecule has 7 nitrogen and oxygen atoms in total. The van der Waals surface area contributed by atoms with E-state index in [-0.39, 0.29) is 0 Å². The van der Waals surface area contributed by atoms with Crippen molar-refractivity contribution in [2.75, 3.05) is 43.4 Å². The molecule has 0 radical (unpaired) electrons. The number of carbonyl (C=O) groups excluding carboxylic acids is 1. The van der Waals surface area contributed by atoms with Gasteiger partial charge in [-0.15, -0.1) is 0 Å². The van der Waals surface area contributed by atoms with Crippen LogP contribution in [0, 0.1) is 0 Å². The summed E-state index contributed by atoms with van der Waals surface area (Å²) in [4.78, 5) is 19.3. The fourth-order valence-corrected chi connectivity index (χ4v) is 3.92. The zero-order valence-electron chi connectivity index (χ0n) is 12.6. The molecule has 0 N–H and O–H groups in total. The summed E-state index contributed by atoms with van der Waals surface area (Å²) in [5.41, 5.74) is 1.31. The Morgan fingerprint density at radius 1 is 1.33 bits per heavy atom. The molecule has 116 valence electrons. The Labute approximate surface area is 125 Å². The molecule has 0 saturated heterocycles. The Balaban J connectivity index is 2.43. The molecule has 1 aromatic heterocycles. The van der Waals surface area contributed by atoms with Gasteiger partial charge in [0, 0.05) is 33.9 Å². The van der Waals surface area contributed by atoms with Gasteiger partial charge in [-0.3, -0.25) is 14.1 Å². The zero-order chi connectivity index (χ0) is 15.8.